The molecule has 0 amide bonds. The van der Waals surface area contributed by atoms with Crippen LogP contribution in [0.3, 0.4) is 0 Å². The maximum atomic E-state index is 9.45. The summed E-state index contributed by atoms with van der Waals surface area (Å²) < 4.78 is 7.46. The van der Waals surface area contributed by atoms with Crippen molar-refractivity contribution in [2.75, 3.05) is 6.61 Å². The first-order chi connectivity index (χ1) is 11.0. The molecule has 0 saturated heterocycles. The molecule has 0 N–H and O–H groups in total. The molecule has 2 aromatic rings. The highest BCUT2D eigenvalue weighted by atomic mass is 79.9. The Morgan fingerprint density at radius 3 is 2.30 bits per heavy atom. The second-order valence-corrected chi connectivity index (χ2v) is 6.91. The van der Waals surface area contributed by atoms with Crippen molar-refractivity contribution in [3.8, 4) is 11.8 Å². The predicted octanol–water partition coefficient (Wildman–Crippen LogP) is 6.37. The van der Waals surface area contributed by atoms with Gasteiger partial charge in [0, 0.05) is 0 Å². The Hall–Kier alpha value is -1.57. The van der Waals surface area contributed by atoms with Crippen molar-refractivity contribution in [1.82, 2.24) is 0 Å². The molecule has 0 atom stereocenters. The molecule has 0 aromatic heterocycles. The van der Waals surface area contributed by atoms with Gasteiger partial charge in [-0.3, -0.25) is 0 Å². The largest absolute Gasteiger partial charge is 0.491 e. The summed E-state index contributed by atoms with van der Waals surface area (Å²) in [5.41, 5.74) is 3.65. The van der Waals surface area contributed by atoms with Gasteiger partial charge in [0.1, 0.15) is 5.75 Å². The van der Waals surface area contributed by atoms with E-state index in [0.29, 0.717) is 12.2 Å². The molecule has 118 valence electrons. The van der Waals surface area contributed by atoms with E-state index in [1.165, 1.54) is 5.56 Å². The molecule has 0 heterocycles. The van der Waals surface area contributed by atoms with Gasteiger partial charge in [-0.25, -0.2) is 0 Å². The lowest BCUT2D eigenvalue weighted by Crippen LogP contribution is -1.97. The van der Waals surface area contributed by atoms with Crippen molar-refractivity contribution in [1.29, 1.82) is 5.26 Å². The lowest BCUT2D eigenvalue weighted by molar-refractivity contribution is 0.313. The van der Waals surface area contributed by atoms with Crippen LogP contribution in [0.5, 0.6) is 5.75 Å². The van der Waals surface area contributed by atoms with Gasteiger partial charge in [-0.1, -0.05) is 36.8 Å². The van der Waals surface area contributed by atoms with Gasteiger partial charge in [0.25, 0.3) is 0 Å². The van der Waals surface area contributed by atoms with Gasteiger partial charge in [0.2, 0.25) is 0 Å². The second kappa shape index (κ2) is 8.33. The highest BCUT2D eigenvalue weighted by Gasteiger charge is 2.09. The number of rotatable bonds is 5. The predicted molar refractivity (Wildman–Crippen MR) is 102 cm³/mol. The fourth-order valence-corrected chi connectivity index (χ4v) is 3.54. The molecule has 0 unspecified atom stereocenters. The minimum Gasteiger partial charge on any atom is -0.491 e. The Morgan fingerprint density at radius 2 is 1.78 bits per heavy atom. The molecule has 4 heteroatoms. The summed E-state index contributed by atoms with van der Waals surface area (Å²) in [4.78, 5) is 0. The topological polar surface area (TPSA) is 33.0 Å². The van der Waals surface area contributed by atoms with Gasteiger partial charge in [-0.15, -0.1) is 0 Å². The van der Waals surface area contributed by atoms with Crippen molar-refractivity contribution in [2.45, 2.75) is 20.3 Å². The van der Waals surface area contributed by atoms with Crippen LogP contribution in [0.25, 0.3) is 11.6 Å². The number of ether oxygens (including phenoxy) is 1. The SMILES string of the molecule is CCCOc1c(Br)cc(/C=C(\C#N)c2ccc(C)cc2)cc1Br. The molecule has 2 nitrogen and oxygen atoms in total. The summed E-state index contributed by atoms with van der Waals surface area (Å²) in [5, 5.41) is 9.45. The van der Waals surface area contributed by atoms with Gasteiger partial charge in [-0.2, -0.15) is 5.26 Å². The zero-order valence-electron chi connectivity index (χ0n) is 13.1. The number of allylic oxidation sites excluding steroid dienone is 1. The fourth-order valence-electron chi connectivity index (χ4n) is 2.08. The third kappa shape index (κ3) is 4.70. The van der Waals surface area contributed by atoms with Crippen molar-refractivity contribution < 1.29 is 4.74 Å². The van der Waals surface area contributed by atoms with Crippen LogP contribution in [-0.2, 0) is 0 Å². The van der Waals surface area contributed by atoms with Crippen LogP contribution in [0, 0.1) is 18.3 Å². The van der Waals surface area contributed by atoms with Gasteiger partial charge in [0.15, 0.2) is 0 Å². The number of hydrogen-bond donors (Lipinski definition) is 0. The van der Waals surface area contributed by atoms with Crippen LogP contribution in [0.4, 0.5) is 0 Å². The van der Waals surface area contributed by atoms with Crippen molar-refractivity contribution >= 4 is 43.5 Å². The first-order valence-corrected chi connectivity index (χ1v) is 8.94. The van der Waals surface area contributed by atoms with Gasteiger partial charge in [-0.05, 0) is 74.5 Å². The molecule has 0 aliphatic carbocycles. The minimum atomic E-state index is 0.631. The molecular weight excluding hydrogens is 418 g/mol. The zero-order valence-corrected chi connectivity index (χ0v) is 16.2. The van der Waals surface area contributed by atoms with E-state index in [1.54, 1.807) is 0 Å². The Kier molecular flexibility index (Phi) is 6.44. The van der Waals surface area contributed by atoms with E-state index < -0.39 is 0 Å². The maximum Gasteiger partial charge on any atom is 0.147 e. The highest BCUT2D eigenvalue weighted by Crippen LogP contribution is 2.36. The lowest BCUT2D eigenvalue weighted by Gasteiger charge is -2.10. The monoisotopic (exact) mass is 433 g/mol. The van der Waals surface area contributed by atoms with Crippen LogP contribution >= 0.6 is 31.9 Å². The molecule has 0 fully saturated rings. The van der Waals surface area contributed by atoms with E-state index in [2.05, 4.69) is 44.9 Å². The fraction of sp³-hybridized carbons (Fsp3) is 0.211. The number of benzene rings is 2. The van der Waals surface area contributed by atoms with E-state index in [4.69, 9.17) is 4.74 Å². The van der Waals surface area contributed by atoms with E-state index in [0.717, 1.165) is 32.2 Å². The van der Waals surface area contributed by atoms with Crippen molar-refractivity contribution in [3.05, 3.63) is 62.0 Å². The van der Waals surface area contributed by atoms with Crippen LogP contribution in [-0.4, -0.2) is 6.61 Å². The summed E-state index contributed by atoms with van der Waals surface area (Å²) in [6.45, 7) is 4.77. The van der Waals surface area contributed by atoms with E-state index in [1.807, 2.05) is 49.4 Å². The lowest BCUT2D eigenvalue weighted by atomic mass is 10.0. The normalized spacial score (nSPS) is 11.2. The smallest absolute Gasteiger partial charge is 0.147 e. The van der Waals surface area contributed by atoms with E-state index in [-0.39, 0.29) is 0 Å². The van der Waals surface area contributed by atoms with Gasteiger partial charge >= 0.3 is 0 Å². The molecule has 0 aliphatic heterocycles. The Balaban J connectivity index is 2.37. The van der Waals surface area contributed by atoms with Gasteiger partial charge in [0.05, 0.1) is 27.2 Å². The molecular formula is C19H17Br2NO. The van der Waals surface area contributed by atoms with Crippen LogP contribution in [0.2, 0.25) is 0 Å². The number of nitrogens with zero attached hydrogens (tertiary/aromatic N) is 1. The first-order valence-electron chi connectivity index (χ1n) is 7.35. The Morgan fingerprint density at radius 1 is 1.17 bits per heavy atom. The van der Waals surface area contributed by atoms with Crippen molar-refractivity contribution in [2.24, 2.45) is 0 Å². The van der Waals surface area contributed by atoms with Crippen LogP contribution in [0.1, 0.15) is 30.0 Å². The first kappa shape index (κ1) is 17.8. The molecule has 0 bridgehead atoms. The Bertz CT molecular complexity index is 735. The average Bonchev–Trinajstić information content (AvgIpc) is 2.53. The summed E-state index contributed by atoms with van der Waals surface area (Å²) in [6.07, 6.45) is 2.83. The molecule has 0 saturated carbocycles. The number of hydrogen-bond acceptors (Lipinski definition) is 2. The third-order valence-electron chi connectivity index (χ3n) is 3.27. The number of aryl methyl sites for hydroxylation is 1. The third-order valence-corrected chi connectivity index (χ3v) is 4.44. The highest BCUT2D eigenvalue weighted by molar-refractivity contribution is 9.11. The minimum absolute atomic E-state index is 0.631. The molecule has 0 radical (unpaired) electrons. The average molecular weight is 435 g/mol. The quantitative estimate of drug-likeness (QED) is 0.404. The van der Waals surface area contributed by atoms with E-state index in [9.17, 15) is 5.26 Å². The molecule has 0 aliphatic rings. The van der Waals surface area contributed by atoms with Crippen LogP contribution < -0.4 is 4.74 Å². The standard InChI is InChI=1S/C19H17Br2NO/c1-3-8-23-19-17(20)10-14(11-18(19)21)9-16(12-22)15-6-4-13(2)5-7-15/h4-7,9-11H,3,8H2,1-2H3/b16-9+. The number of nitriles is 1. The zero-order chi connectivity index (χ0) is 16.8. The molecule has 0 spiro atoms. The second-order valence-electron chi connectivity index (χ2n) is 5.20. The summed E-state index contributed by atoms with van der Waals surface area (Å²) in [7, 11) is 0. The molecule has 2 rings (SSSR count). The summed E-state index contributed by atoms with van der Waals surface area (Å²) >= 11 is 7.08. The summed E-state index contributed by atoms with van der Waals surface area (Å²) in [6, 6.07) is 14.1. The van der Waals surface area contributed by atoms with Crippen LogP contribution in [0.15, 0.2) is 45.3 Å². The maximum absolute atomic E-state index is 9.45. The van der Waals surface area contributed by atoms with E-state index >= 15 is 0 Å². The summed E-state index contributed by atoms with van der Waals surface area (Å²) in [5.74, 6) is 0.790. The molecule has 23 heavy (non-hydrogen) atoms. The number of halogens is 2. The van der Waals surface area contributed by atoms with Gasteiger partial charge < -0.3 is 4.74 Å². The molecule has 2 aromatic carbocycles. The van der Waals surface area contributed by atoms with Crippen molar-refractivity contribution in [3.63, 3.8) is 0 Å². The Labute approximate surface area is 154 Å².